The first-order valence-corrected chi connectivity index (χ1v) is 7.90. The molecule has 2 heterocycles. The highest BCUT2D eigenvalue weighted by Crippen LogP contribution is 2.17. The number of anilines is 1. The lowest BCUT2D eigenvalue weighted by Crippen LogP contribution is -2.03. The van der Waals surface area contributed by atoms with E-state index < -0.39 is 0 Å². The lowest BCUT2D eigenvalue weighted by molar-refractivity contribution is 0.432. The van der Waals surface area contributed by atoms with Crippen LogP contribution in [0.3, 0.4) is 0 Å². The molecule has 0 aliphatic carbocycles. The summed E-state index contributed by atoms with van der Waals surface area (Å²) in [6.45, 7) is 1.29. The van der Waals surface area contributed by atoms with Crippen LogP contribution in [0.15, 0.2) is 71.8 Å². The molecular weight excluding hydrogens is 316 g/mol. The number of hydrogen-bond acceptors (Lipinski definition) is 6. The second-order valence-electron chi connectivity index (χ2n) is 5.56. The molecule has 0 unspecified atom stereocenters. The van der Waals surface area contributed by atoms with Crippen LogP contribution >= 0.6 is 0 Å². The molecule has 0 bridgehead atoms. The zero-order chi connectivity index (χ0) is 16.9. The van der Waals surface area contributed by atoms with Crippen LogP contribution in [0.5, 0.6) is 0 Å². The maximum Gasteiger partial charge on any atom is 0.322 e. The number of aromatic nitrogens is 5. The van der Waals surface area contributed by atoms with E-state index >= 15 is 0 Å². The Balaban J connectivity index is 1.41. The Kier molecular flexibility index (Phi) is 4.20. The van der Waals surface area contributed by atoms with Gasteiger partial charge in [0.2, 0.25) is 5.82 Å². The molecule has 0 amide bonds. The highest BCUT2D eigenvalue weighted by molar-refractivity contribution is 5.54. The van der Waals surface area contributed by atoms with E-state index in [1.54, 1.807) is 11.0 Å². The van der Waals surface area contributed by atoms with Crippen molar-refractivity contribution in [2.75, 3.05) is 5.32 Å². The predicted molar refractivity (Wildman–Crippen MR) is 92.6 cm³/mol. The maximum atomic E-state index is 5.26. The van der Waals surface area contributed by atoms with Crippen molar-refractivity contribution in [2.24, 2.45) is 0 Å². The van der Waals surface area contributed by atoms with Crippen LogP contribution in [0.1, 0.15) is 11.1 Å². The minimum absolute atomic E-state index is 0.403. The Labute approximate surface area is 144 Å². The van der Waals surface area contributed by atoms with Crippen LogP contribution in [-0.4, -0.2) is 24.9 Å². The highest BCUT2D eigenvalue weighted by Gasteiger charge is 2.07. The van der Waals surface area contributed by atoms with Crippen molar-refractivity contribution in [3.8, 4) is 11.4 Å². The van der Waals surface area contributed by atoms with Gasteiger partial charge >= 0.3 is 6.01 Å². The van der Waals surface area contributed by atoms with E-state index in [9.17, 15) is 0 Å². The quantitative estimate of drug-likeness (QED) is 0.584. The molecule has 0 aliphatic rings. The Morgan fingerprint density at radius 1 is 1.00 bits per heavy atom. The molecule has 0 fully saturated rings. The highest BCUT2D eigenvalue weighted by atomic mass is 16.5. The van der Waals surface area contributed by atoms with Crippen LogP contribution in [0.2, 0.25) is 0 Å². The van der Waals surface area contributed by atoms with E-state index in [0.717, 1.165) is 16.7 Å². The largest absolute Gasteiger partial charge is 0.334 e. The van der Waals surface area contributed by atoms with Crippen LogP contribution in [0, 0.1) is 0 Å². The van der Waals surface area contributed by atoms with Crippen molar-refractivity contribution >= 4 is 6.01 Å². The fourth-order valence-electron chi connectivity index (χ4n) is 2.52. The third kappa shape index (κ3) is 3.72. The standard InChI is InChI=1S/C18H16N6O/c1-2-7-16(8-3-1)17-22-18(25-23-17)20-10-14-5-4-6-15(9-14)11-24-13-19-12-21-24/h1-9,12-13H,10-11H2,(H,20,22,23). The van der Waals surface area contributed by atoms with Crippen LogP contribution in [0.25, 0.3) is 11.4 Å². The van der Waals surface area contributed by atoms with Gasteiger partial charge in [-0.2, -0.15) is 10.1 Å². The molecule has 124 valence electrons. The summed E-state index contributed by atoms with van der Waals surface area (Å²) in [4.78, 5) is 8.32. The van der Waals surface area contributed by atoms with Gasteiger partial charge in [-0.05, 0) is 11.1 Å². The van der Waals surface area contributed by atoms with Gasteiger partial charge in [-0.1, -0.05) is 59.8 Å². The molecule has 0 aliphatic heterocycles. The molecule has 4 rings (SSSR count). The lowest BCUT2D eigenvalue weighted by atomic mass is 10.1. The first-order valence-electron chi connectivity index (χ1n) is 7.90. The first kappa shape index (κ1) is 15.1. The Hall–Kier alpha value is -3.48. The summed E-state index contributed by atoms with van der Waals surface area (Å²) in [7, 11) is 0. The third-order valence-electron chi connectivity index (χ3n) is 3.70. The number of rotatable bonds is 6. The van der Waals surface area contributed by atoms with Gasteiger partial charge in [-0.15, -0.1) is 0 Å². The fraction of sp³-hybridized carbons (Fsp3) is 0.111. The summed E-state index contributed by atoms with van der Waals surface area (Å²) < 4.78 is 7.05. The second kappa shape index (κ2) is 6.96. The average Bonchev–Trinajstić information content (AvgIpc) is 3.33. The van der Waals surface area contributed by atoms with Crippen molar-refractivity contribution in [3.05, 3.63) is 78.4 Å². The van der Waals surface area contributed by atoms with Crippen molar-refractivity contribution in [3.63, 3.8) is 0 Å². The molecule has 0 saturated carbocycles. The molecule has 25 heavy (non-hydrogen) atoms. The van der Waals surface area contributed by atoms with Crippen LogP contribution in [-0.2, 0) is 13.1 Å². The summed E-state index contributed by atoms with van der Waals surface area (Å²) in [5.74, 6) is 0.572. The number of nitrogens with one attached hydrogen (secondary N) is 1. The zero-order valence-electron chi connectivity index (χ0n) is 13.4. The normalized spacial score (nSPS) is 10.7. The topological polar surface area (TPSA) is 81.7 Å². The molecular formula is C18H16N6O. The molecule has 0 atom stereocenters. The van der Waals surface area contributed by atoms with Gasteiger partial charge in [0.05, 0.1) is 6.54 Å². The van der Waals surface area contributed by atoms with Gasteiger partial charge in [-0.3, -0.25) is 0 Å². The van der Waals surface area contributed by atoms with Gasteiger partial charge in [-0.25, -0.2) is 9.67 Å². The van der Waals surface area contributed by atoms with Gasteiger partial charge in [0, 0.05) is 12.1 Å². The van der Waals surface area contributed by atoms with Gasteiger partial charge < -0.3 is 9.84 Å². The van der Waals surface area contributed by atoms with E-state index in [-0.39, 0.29) is 0 Å². The molecule has 7 heteroatoms. The summed E-state index contributed by atoms with van der Waals surface area (Å²) >= 11 is 0. The minimum atomic E-state index is 0.403. The smallest absolute Gasteiger partial charge is 0.322 e. The number of benzene rings is 2. The third-order valence-corrected chi connectivity index (χ3v) is 3.70. The SMILES string of the molecule is c1ccc(-c2noc(NCc3cccc(Cn4cncn4)c3)n2)cc1. The zero-order valence-corrected chi connectivity index (χ0v) is 13.4. The summed E-state index contributed by atoms with van der Waals surface area (Å²) in [6.07, 6.45) is 3.24. The van der Waals surface area contributed by atoms with Crippen molar-refractivity contribution in [1.29, 1.82) is 0 Å². The van der Waals surface area contributed by atoms with Crippen LogP contribution in [0.4, 0.5) is 6.01 Å². The molecule has 2 aromatic heterocycles. The van der Waals surface area contributed by atoms with Crippen molar-refractivity contribution in [1.82, 2.24) is 24.9 Å². The molecule has 0 saturated heterocycles. The lowest BCUT2D eigenvalue weighted by Gasteiger charge is -2.05. The van der Waals surface area contributed by atoms with E-state index in [0.29, 0.717) is 24.9 Å². The first-order chi connectivity index (χ1) is 12.4. The van der Waals surface area contributed by atoms with Crippen molar-refractivity contribution < 1.29 is 4.52 Å². The Morgan fingerprint density at radius 3 is 2.72 bits per heavy atom. The summed E-state index contributed by atoms with van der Waals surface area (Å²) in [5, 5.41) is 11.3. The van der Waals surface area contributed by atoms with Gasteiger partial charge in [0.1, 0.15) is 12.7 Å². The molecule has 2 aromatic carbocycles. The minimum Gasteiger partial charge on any atom is -0.334 e. The Morgan fingerprint density at radius 2 is 1.88 bits per heavy atom. The summed E-state index contributed by atoms with van der Waals surface area (Å²) in [5.41, 5.74) is 3.20. The molecule has 7 nitrogen and oxygen atoms in total. The Bertz CT molecular complexity index is 933. The molecule has 4 aromatic rings. The van der Waals surface area contributed by atoms with Crippen molar-refractivity contribution in [2.45, 2.75) is 13.1 Å². The fourth-order valence-corrected chi connectivity index (χ4v) is 2.52. The second-order valence-corrected chi connectivity index (χ2v) is 5.56. The van der Waals surface area contributed by atoms with Crippen LogP contribution < -0.4 is 5.32 Å². The number of hydrogen-bond donors (Lipinski definition) is 1. The van der Waals surface area contributed by atoms with E-state index in [1.165, 1.54) is 6.33 Å². The maximum absolute atomic E-state index is 5.26. The molecule has 0 spiro atoms. The predicted octanol–water partition coefficient (Wildman–Crippen LogP) is 2.99. The summed E-state index contributed by atoms with van der Waals surface area (Å²) in [6, 6.07) is 18.4. The van der Waals surface area contributed by atoms with Gasteiger partial charge in [0.25, 0.3) is 0 Å². The van der Waals surface area contributed by atoms with E-state index in [2.05, 4.69) is 37.7 Å². The van der Waals surface area contributed by atoms with E-state index in [4.69, 9.17) is 4.52 Å². The average molecular weight is 332 g/mol. The number of nitrogens with zero attached hydrogens (tertiary/aromatic N) is 5. The van der Waals surface area contributed by atoms with Gasteiger partial charge in [0.15, 0.2) is 0 Å². The molecule has 0 radical (unpaired) electrons. The molecule has 1 N–H and O–H groups in total. The monoisotopic (exact) mass is 332 g/mol. The van der Waals surface area contributed by atoms with E-state index in [1.807, 2.05) is 42.5 Å².